The molecular formula is C38H38N4O6. The molecule has 3 amide bonds. The summed E-state index contributed by atoms with van der Waals surface area (Å²) in [6.07, 6.45) is 2.53. The van der Waals surface area contributed by atoms with Gasteiger partial charge in [-0.15, -0.1) is 0 Å². The van der Waals surface area contributed by atoms with E-state index in [1.807, 2.05) is 67.6 Å². The first-order valence-electron chi connectivity index (χ1n) is 16.2. The average molecular weight is 647 g/mol. The predicted molar refractivity (Wildman–Crippen MR) is 182 cm³/mol. The van der Waals surface area contributed by atoms with Crippen LogP contribution < -0.4 is 5.32 Å². The zero-order chi connectivity index (χ0) is 33.8. The van der Waals surface area contributed by atoms with E-state index in [4.69, 9.17) is 4.74 Å². The van der Waals surface area contributed by atoms with Crippen LogP contribution in [-0.4, -0.2) is 77.1 Å². The van der Waals surface area contributed by atoms with E-state index in [1.165, 1.54) is 11.1 Å². The Labute approximate surface area is 279 Å². The molecule has 2 aliphatic rings. The molecule has 6 rings (SSSR count). The number of benzene rings is 3. The molecule has 10 heteroatoms. The SMILES string of the molecule is CCc1cccc(-c2cnc(C(=O)O)c(NC(=O)CN(CC3CCN(C)C(=O)C3)C(=O)OCC3c4ccccc4-c4ccccc43)c2)c1. The average Bonchev–Trinajstić information content (AvgIpc) is 3.41. The second-order valence-electron chi connectivity index (χ2n) is 12.4. The maximum atomic E-state index is 13.7. The Kier molecular flexibility index (Phi) is 9.52. The Bertz CT molecular complexity index is 1830. The summed E-state index contributed by atoms with van der Waals surface area (Å²) in [6.45, 7) is 2.40. The first kappa shape index (κ1) is 32.4. The van der Waals surface area contributed by atoms with Gasteiger partial charge in [0.05, 0.1) is 5.69 Å². The van der Waals surface area contributed by atoms with E-state index < -0.39 is 24.5 Å². The van der Waals surface area contributed by atoms with Gasteiger partial charge in [-0.3, -0.25) is 14.5 Å². The van der Waals surface area contributed by atoms with E-state index in [2.05, 4.69) is 22.4 Å². The minimum atomic E-state index is -1.29. The Morgan fingerprint density at radius 1 is 0.979 bits per heavy atom. The summed E-state index contributed by atoms with van der Waals surface area (Å²) in [7, 11) is 1.75. The maximum absolute atomic E-state index is 13.7. The third-order valence-electron chi connectivity index (χ3n) is 9.20. The van der Waals surface area contributed by atoms with Crippen molar-refractivity contribution in [3.63, 3.8) is 0 Å². The number of hydrogen-bond donors (Lipinski definition) is 2. The molecule has 1 atom stereocenters. The number of aryl methyl sites for hydroxylation is 1. The number of rotatable bonds is 10. The van der Waals surface area contributed by atoms with Gasteiger partial charge in [0, 0.05) is 44.2 Å². The van der Waals surface area contributed by atoms with Gasteiger partial charge in [-0.1, -0.05) is 79.7 Å². The molecule has 0 saturated carbocycles. The number of hydrogen-bond acceptors (Lipinski definition) is 6. The van der Waals surface area contributed by atoms with Gasteiger partial charge in [0.2, 0.25) is 11.8 Å². The number of carbonyl (C=O) groups is 4. The van der Waals surface area contributed by atoms with Crippen LogP contribution in [0.1, 0.15) is 52.9 Å². The van der Waals surface area contributed by atoms with Crippen LogP contribution in [0, 0.1) is 5.92 Å². The lowest BCUT2D eigenvalue weighted by Gasteiger charge is -2.32. The van der Waals surface area contributed by atoms with Gasteiger partial charge in [0.15, 0.2) is 5.69 Å². The number of carbonyl (C=O) groups excluding carboxylic acids is 3. The number of anilines is 1. The van der Waals surface area contributed by atoms with Crippen molar-refractivity contribution in [3.05, 3.63) is 107 Å². The molecule has 1 aliphatic carbocycles. The van der Waals surface area contributed by atoms with Gasteiger partial charge < -0.3 is 20.1 Å². The van der Waals surface area contributed by atoms with Crippen molar-refractivity contribution in [1.29, 1.82) is 0 Å². The Morgan fingerprint density at radius 2 is 1.69 bits per heavy atom. The van der Waals surface area contributed by atoms with Gasteiger partial charge in [0.25, 0.3) is 0 Å². The summed E-state index contributed by atoms with van der Waals surface area (Å²) >= 11 is 0. The quantitative estimate of drug-likeness (QED) is 0.214. The van der Waals surface area contributed by atoms with Crippen LogP contribution in [0.5, 0.6) is 0 Å². The Hall–Kier alpha value is -5.51. The second kappa shape index (κ2) is 14.1. The molecule has 1 aromatic heterocycles. The summed E-state index contributed by atoms with van der Waals surface area (Å²) in [4.78, 5) is 58.9. The number of aromatic carboxylic acids is 1. The Morgan fingerprint density at radius 3 is 2.35 bits per heavy atom. The van der Waals surface area contributed by atoms with Gasteiger partial charge in [-0.2, -0.15) is 0 Å². The monoisotopic (exact) mass is 646 g/mol. The molecule has 0 radical (unpaired) electrons. The first-order chi connectivity index (χ1) is 23.2. The standard InChI is InChI=1S/C38H38N4O6/c1-3-24-9-8-10-26(17-24)27-19-33(36(37(45)46)39-20-27)40-34(43)22-42(21-25-15-16-41(2)35(44)18-25)38(47)48-23-32-30-13-6-4-11-28(30)29-12-5-7-14-31(29)32/h4-14,17,19-20,25,32H,3,15-16,18,21-23H2,1-2H3,(H,40,43)(H,45,46). The molecule has 48 heavy (non-hydrogen) atoms. The molecule has 1 unspecified atom stereocenters. The number of piperidine rings is 1. The van der Waals surface area contributed by atoms with Crippen LogP contribution >= 0.6 is 0 Å². The van der Waals surface area contributed by atoms with Gasteiger partial charge >= 0.3 is 12.1 Å². The van der Waals surface area contributed by atoms with E-state index in [-0.39, 0.29) is 48.7 Å². The zero-order valence-corrected chi connectivity index (χ0v) is 27.0. The predicted octanol–water partition coefficient (Wildman–Crippen LogP) is 6.07. The van der Waals surface area contributed by atoms with Crippen molar-refractivity contribution in [2.24, 2.45) is 5.92 Å². The third kappa shape index (κ3) is 6.92. The van der Waals surface area contributed by atoms with Crippen molar-refractivity contribution in [2.45, 2.75) is 32.1 Å². The number of likely N-dealkylation sites (tertiary alicyclic amines) is 1. The van der Waals surface area contributed by atoms with Crippen molar-refractivity contribution in [3.8, 4) is 22.3 Å². The topological polar surface area (TPSA) is 129 Å². The van der Waals surface area contributed by atoms with Gasteiger partial charge in [-0.25, -0.2) is 14.6 Å². The molecule has 0 bridgehead atoms. The number of nitrogens with one attached hydrogen (secondary N) is 1. The number of pyridine rings is 1. The molecule has 3 aromatic carbocycles. The number of ether oxygens (including phenoxy) is 1. The summed E-state index contributed by atoms with van der Waals surface area (Å²) in [5.74, 6) is -2.25. The largest absolute Gasteiger partial charge is 0.476 e. The first-order valence-corrected chi connectivity index (χ1v) is 16.2. The fourth-order valence-electron chi connectivity index (χ4n) is 6.58. The molecule has 0 spiro atoms. The summed E-state index contributed by atoms with van der Waals surface area (Å²) in [5.41, 5.74) is 6.62. The summed E-state index contributed by atoms with van der Waals surface area (Å²) in [6, 6.07) is 25.4. The van der Waals surface area contributed by atoms with E-state index >= 15 is 0 Å². The molecule has 1 saturated heterocycles. The number of amides is 3. The van der Waals surface area contributed by atoms with Crippen LogP contribution in [0.3, 0.4) is 0 Å². The minimum absolute atomic E-state index is 0.0221. The lowest BCUT2D eigenvalue weighted by Crippen LogP contribution is -2.45. The van der Waals surface area contributed by atoms with Gasteiger partial charge in [0.1, 0.15) is 13.2 Å². The van der Waals surface area contributed by atoms with E-state index in [1.54, 1.807) is 18.0 Å². The number of carboxylic acid groups (broad SMARTS) is 1. The highest BCUT2D eigenvalue weighted by Crippen LogP contribution is 2.44. The van der Waals surface area contributed by atoms with Crippen LogP contribution in [0.15, 0.2) is 85.1 Å². The smallest absolute Gasteiger partial charge is 0.410 e. The van der Waals surface area contributed by atoms with Crippen LogP contribution in [0.4, 0.5) is 10.5 Å². The minimum Gasteiger partial charge on any atom is -0.476 e. The fraction of sp³-hybridized carbons (Fsp3) is 0.289. The third-order valence-corrected chi connectivity index (χ3v) is 9.20. The molecular weight excluding hydrogens is 608 g/mol. The lowest BCUT2D eigenvalue weighted by atomic mass is 9.96. The van der Waals surface area contributed by atoms with Crippen molar-refractivity contribution in [2.75, 3.05) is 38.6 Å². The lowest BCUT2D eigenvalue weighted by molar-refractivity contribution is -0.133. The van der Waals surface area contributed by atoms with E-state index in [0.29, 0.717) is 18.5 Å². The van der Waals surface area contributed by atoms with E-state index in [0.717, 1.165) is 39.8 Å². The second-order valence-corrected chi connectivity index (χ2v) is 12.4. The van der Waals surface area contributed by atoms with Gasteiger partial charge in [-0.05, 0) is 58.2 Å². The molecule has 4 aromatic rings. The normalized spacial score (nSPS) is 15.4. The maximum Gasteiger partial charge on any atom is 0.410 e. The molecule has 246 valence electrons. The van der Waals surface area contributed by atoms with Crippen molar-refractivity contribution < 1.29 is 29.0 Å². The van der Waals surface area contributed by atoms with E-state index in [9.17, 15) is 24.3 Å². The number of aromatic nitrogens is 1. The molecule has 1 fully saturated rings. The van der Waals surface area contributed by atoms with Crippen molar-refractivity contribution >= 4 is 29.6 Å². The summed E-state index contributed by atoms with van der Waals surface area (Å²) < 4.78 is 5.91. The summed E-state index contributed by atoms with van der Waals surface area (Å²) in [5, 5.41) is 12.5. The molecule has 2 heterocycles. The number of carboxylic acids is 1. The fourth-order valence-corrected chi connectivity index (χ4v) is 6.58. The van der Waals surface area contributed by atoms with Crippen LogP contribution in [0.25, 0.3) is 22.3 Å². The highest BCUT2D eigenvalue weighted by Gasteiger charge is 2.32. The molecule has 2 N–H and O–H groups in total. The highest BCUT2D eigenvalue weighted by atomic mass is 16.6. The van der Waals surface area contributed by atoms with Crippen molar-refractivity contribution in [1.82, 2.24) is 14.8 Å². The number of fused-ring (bicyclic) bond motifs is 3. The van der Waals surface area contributed by atoms with Crippen LogP contribution in [0.2, 0.25) is 0 Å². The molecule has 1 aliphatic heterocycles. The van der Waals surface area contributed by atoms with Crippen LogP contribution in [-0.2, 0) is 20.7 Å². The zero-order valence-electron chi connectivity index (χ0n) is 27.0. The Balaban J connectivity index is 1.22. The highest BCUT2D eigenvalue weighted by molar-refractivity contribution is 6.01. The molecule has 10 nitrogen and oxygen atoms in total. The number of nitrogens with zero attached hydrogens (tertiary/aromatic N) is 3.